The molecule has 1 atom stereocenters. The van der Waals surface area contributed by atoms with Gasteiger partial charge in [-0.3, -0.25) is 0 Å². The molecule has 1 spiro atoms. The molecule has 0 bridgehead atoms. The molecule has 13 rings (SSSR count). The first kappa shape index (κ1) is 35.4. The van der Waals surface area contributed by atoms with Gasteiger partial charge in [0.1, 0.15) is 11.5 Å². The summed E-state index contributed by atoms with van der Waals surface area (Å²) in [4.78, 5) is 15.8. The van der Waals surface area contributed by atoms with Crippen molar-refractivity contribution in [2.24, 2.45) is 0 Å². The van der Waals surface area contributed by atoms with E-state index in [9.17, 15) is 0 Å². The smallest absolute Gasteiger partial charge is 0.167 e. The summed E-state index contributed by atoms with van der Waals surface area (Å²) in [6.45, 7) is 0. The molecular formula is C58H36N4O. The van der Waals surface area contributed by atoms with Gasteiger partial charge in [0.05, 0.1) is 27.7 Å². The lowest BCUT2D eigenvalue weighted by atomic mass is 9.61. The molecule has 0 aliphatic carbocycles. The van der Waals surface area contributed by atoms with Crippen molar-refractivity contribution in [2.75, 3.05) is 0 Å². The van der Waals surface area contributed by atoms with Crippen molar-refractivity contribution in [1.82, 2.24) is 19.5 Å². The summed E-state index contributed by atoms with van der Waals surface area (Å²) >= 11 is 0. The van der Waals surface area contributed by atoms with Crippen molar-refractivity contribution >= 4 is 21.8 Å². The number of benzene rings is 9. The van der Waals surface area contributed by atoms with Crippen LogP contribution in [0.15, 0.2) is 218 Å². The van der Waals surface area contributed by atoms with E-state index in [1.807, 2.05) is 12.1 Å². The van der Waals surface area contributed by atoms with Crippen LogP contribution in [0.2, 0.25) is 0 Å². The van der Waals surface area contributed by atoms with Gasteiger partial charge in [-0.2, -0.15) is 0 Å². The summed E-state index contributed by atoms with van der Waals surface area (Å²) in [5.74, 6) is 3.24. The van der Waals surface area contributed by atoms with E-state index in [0.29, 0.717) is 17.5 Å². The van der Waals surface area contributed by atoms with Crippen LogP contribution in [-0.2, 0) is 5.41 Å². The number of para-hydroxylation sites is 5. The molecule has 2 aliphatic rings. The Morgan fingerprint density at radius 1 is 0.349 bits per heavy atom. The second-order valence-corrected chi connectivity index (χ2v) is 16.3. The van der Waals surface area contributed by atoms with Crippen LogP contribution in [0.5, 0.6) is 11.5 Å². The lowest BCUT2D eigenvalue weighted by Crippen LogP contribution is -2.38. The normalized spacial score (nSPS) is 14.5. The van der Waals surface area contributed by atoms with E-state index in [2.05, 4.69) is 211 Å². The van der Waals surface area contributed by atoms with Gasteiger partial charge in [-0.1, -0.05) is 194 Å². The molecule has 1 unspecified atom stereocenters. The number of ether oxygens (including phenoxy) is 1. The van der Waals surface area contributed by atoms with E-state index in [4.69, 9.17) is 19.7 Å². The number of hydrogen-bond acceptors (Lipinski definition) is 4. The maximum Gasteiger partial charge on any atom is 0.167 e. The summed E-state index contributed by atoms with van der Waals surface area (Å²) in [7, 11) is 0. The zero-order valence-electron chi connectivity index (χ0n) is 34.0. The minimum Gasteiger partial charge on any atom is -0.456 e. The van der Waals surface area contributed by atoms with Crippen molar-refractivity contribution < 1.29 is 4.74 Å². The van der Waals surface area contributed by atoms with Gasteiger partial charge in [-0.05, 0) is 57.6 Å². The van der Waals surface area contributed by atoms with Gasteiger partial charge in [-0.25, -0.2) is 15.0 Å². The average Bonchev–Trinajstić information content (AvgIpc) is 3.71. The third-order valence-electron chi connectivity index (χ3n) is 12.9. The van der Waals surface area contributed by atoms with E-state index in [0.717, 1.165) is 67.3 Å². The molecule has 0 saturated heterocycles. The Morgan fingerprint density at radius 2 is 0.841 bits per heavy atom. The summed E-state index contributed by atoms with van der Waals surface area (Å²) in [6, 6.07) is 77.1. The zero-order chi connectivity index (χ0) is 41.5. The number of hydrogen-bond donors (Lipinski definition) is 0. The first-order chi connectivity index (χ1) is 31.2. The molecule has 11 aromatic rings. The van der Waals surface area contributed by atoms with Crippen LogP contribution >= 0.6 is 0 Å². The van der Waals surface area contributed by atoms with Gasteiger partial charge in [0.2, 0.25) is 0 Å². The predicted octanol–water partition coefficient (Wildman–Crippen LogP) is 14.1. The van der Waals surface area contributed by atoms with Crippen LogP contribution in [0.1, 0.15) is 22.3 Å². The molecule has 0 N–H and O–H groups in total. The van der Waals surface area contributed by atoms with Crippen LogP contribution in [0.25, 0.3) is 83.9 Å². The summed E-state index contributed by atoms with van der Waals surface area (Å²) < 4.78 is 9.62. The monoisotopic (exact) mass is 804 g/mol. The van der Waals surface area contributed by atoms with Gasteiger partial charge in [0.25, 0.3) is 0 Å². The van der Waals surface area contributed by atoms with Crippen molar-refractivity contribution in [3.63, 3.8) is 0 Å². The summed E-state index contributed by atoms with van der Waals surface area (Å²) in [5.41, 5.74) is 14.5. The lowest BCUT2D eigenvalue weighted by molar-refractivity contribution is 0.435. The molecule has 0 fully saturated rings. The van der Waals surface area contributed by atoms with Gasteiger partial charge in [0.15, 0.2) is 17.5 Å². The second kappa shape index (κ2) is 13.8. The fourth-order valence-electron chi connectivity index (χ4n) is 10.2. The Bertz CT molecular complexity index is 3480. The largest absolute Gasteiger partial charge is 0.456 e. The highest BCUT2D eigenvalue weighted by Gasteiger charge is 2.50. The van der Waals surface area contributed by atoms with Gasteiger partial charge in [-0.15, -0.1) is 0 Å². The molecule has 0 saturated carbocycles. The van der Waals surface area contributed by atoms with Crippen LogP contribution in [-0.4, -0.2) is 19.5 Å². The van der Waals surface area contributed by atoms with E-state index >= 15 is 0 Å². The predicted molar refractivity (Wildman–Crippen MR) is 253 cm³/mol. The number of fused-ring (bicyclic) bond motifs is 11. The summed E-state index contributed by atoms with van der Waals surface area (Å²) in [5, 5.41) is 2.45. The molecular weight excluding hydrogens is 769 g/mol. The maximum absolute atomic E-state index is 7.16. The molecule has 294 valence electrons. The van der Waals surface area contributed by atoms with Gasteiger partial charge in [0, 0.05) is 33.0 Å². The highest BCUT2D eigenvalue weighted by atomic mass is 16.5. The Morgan fingerprint density at radius 3 is 1.54 bits per heavy atom. The Labute approximate surface area is 364 Å². The third-order valence-corrected chi connectivity index (χ3v) is 12.9. The van der Waals surface area contributed by atoms with Crippen LogP contribution < -0.4 is 4.74 Å². The molecule has 2 aliphatic heterocycles. The van der Waals surface area contributed by atoms with E-state index in [-0.39, 0.29) is 0 Å². The van der Waals surface area contributed by atoms with E-state index in [1.54, 1.807) is 0 Å². The maximum atomic E-state index is 7.16. The lowest BCUT2D eigenvalue weighted by Gasteiger charge is -2.45. The molecule has 5 heteroatoms. The SMILES string of the molecule is c1ccc(-c2ccc(-c3nc(-c4ccc(-c5ccccc5)cc4)nc(-c4cccc5c4Oc4ccccc4C54c5ccccc5-n5c6ccccc6c6cccc4c65)n3)cc2)cc1. The van der Waals surface area contributed by atoms with Gasteiger partial charge >= 0.3 is 0 Å². The average molecular weight is 805 g/mol. The Kier molecular flexibility index (Phi) is 7.75. The first-order valence-electron chi connectivity index (χ1n) is 21.4. The fraction of sp³-hybridized carbons (Fsp3) is 0.0172. The van der Waals surface area contributed by atoms with Crippen molar-refractivity contribution in [3.05, 3.63) is 241 Å². The van der Waals surface area contributed by atoms with Crippen LogP contribution in [0, 0.1) is 0 Å². The number of nitrogens with zero attached hydrogens (tertiary/aromatic N) is 4. The number of rotatable bonds is 5. The van der Waals surface area contributed by atoms with Gasteiger partial charge < -0.3 is 9.30 Å². The molecule has 63 heavy (non-hydrogen) atoms. The van der Waals surface area contributed by atoms with Crippen molar-refractivity contribution in [1.29, 1.82) is 0 Å². The molecule has 9 aromatic carbocycles. The molecule has 5 nitrogen and oxygen atoms in total. The number of aromatic nitrogens is 4. The topological polar surface area (TPSA) is 52.8 Å². The third kappa shape index (κ3) is 5.27. The van der Waals surface area contributed by atoms with Crippen LogP contribution in [0.4, 0.5) is 0 Å². The quantitative estimate of drug-likeness (QED) is 0.174. The minimum absolute atomic E-state index is 0.539. The van der Waals surface area contributed by atoms with Crippen LogP contribution in [0.3, 0.4) is 0 Å². The highest BCUT2D eigenvalue weighted by Crippen LogP contribution is 2.61. The van der Waals surface area contributed by atoms with Crippen molar-refractivity contribution in [3.8, 4) is 73.6 Å². The Balaban J connectivity index is 1.05. The molecule has 4 heterocycles. The molecule has 2 aromatic heterocycles. The van der Waals surface area contributed by atoms with E-state index < -0.39 is 5.41 Å². The van der Waals surface area contributed by atoms with Crippen molar-refractivity contribution in [2.45, 2.75) is 5.41 Å². The summed E-state index contributed by atoms with van der Waals surface area (Å²) in [6.07, 6.45) is 0. The molecule has 0 radical (unpaired) electrons. The standard InChI is InChI=1S/C58H36N4O/c1-3-15-37(16-4-1)39-29-33-41(34-30-39)55-59-56(42-35-31-40(32-36-42)38-17-5-2-6-18-38)61-57(60-55)45-21-14-25-49-54(45)63-52-28-12-9-23-47(52)58(49)46-22-8-11-27-51(46)62-50-26-10-7-19-43(50)44-20-13-24-48(58)53(44)62/h1-36H. The van der Waals surface area contributed by atoms with E-state index in [1.165, 1.54) is 32.9 Å². The first-order valence-corrected chi connectivity index (χ1v) is 21.4. The Hall–Kier alpha value is -8.41. The zero-order valence-corrected chi connectivity index (χ0v) is 34.0. The second-order valence-electron chi connectivity index (χ2n) is 16.3. The molecule has 0 amide bonds. The fourth-order valence-corrected chi connectivity index (χ4v) is 10.2. The highest BCUT2D eigenvalue weighted by molar-refractivity contribution is 6.12. The minimum atomic E-state index is -0.722.